The SMILES string of the molecule is C[SiH](C)OC([C@@H]1OC(C)(C)O[C@@H]1COc1ccc2c(c1)C(C)(C)c1[nH]c3cc(Br)ccc3c1C2=O)C(C)(C)C. The molecule has 1 unspecified atom stereocenters. The number of H-pyrrole nitrogens is 1. The third-order valence-electron chi connectivity index (χ3n) is 7.73. The Bertz CT molecular complexity index is 1420. The van der Waals surface area contributed by atoms with E-state index in [2.05, 4.69) is 68.6 Å². The number of carbonyl (C=O) groups is 1. The summed E-state index contributed by atoms with van der Waals surface area (Å²) in [5.41, 5.74) is 3.78. The number of ether oxygens (including phenoxy) is 3. The molecule has 1 aromatic heterocycles. The molecule has 1 aliphatic heterocycles. The number of rotatable bonds is 6. The van der Waals surface area contributed by atoms with Crippen LogP contribution in [-0.2, 0) is 19.3 Å². The molecule has 5 rings (SSSR count). The zero-order chi connectivity index (χ0) is 28.5. The number of hydrogen-bond donors (Lipinski definition) is 1. The monoisotopic (exact) mass is 613 g/mol. The summed E-state index contributed by atoms with van der Waals surface area (Å²) in [7, 11) is -1.32. The first-order valence-electron chi connectivity index (χ1n) is 13.7. The highest BCUT2D eigenvalue weighted by Gasteiger charge is 2.49. The number of ketones is 1. The van der Waals surface area contributed by atoms with E-state index in [-0.39, 0.29) is 29.5 Å². The molecule has 0 spiro atoms. The molecular weight excluding hydrogens is 574 g/mol. The lowest BCUT2D eigenvalue weighted by Crippen LogP contribution is -2.48. The molecule has 3 aromatic rings. The molecule has 6 nitrogen and oxygen atoms in total. The molecule has 2 heterocycles. The van der Waals surface area contributed by atoms with E-state index in [1.54, 1.807) is 0 Å². The molecule has 1 aliphatic carbocycles. The smallest absolute Gasteiger partial charge is 0.195 e. The molecule has 1 saturated heterocycles. The van der Waals surface area contributed by atoms with Crippen LogP contribution in [-0.4, -0.2) is 50.5 Å². The molecule has 1 fully saturated rings. The van der Waals surface area contributed by atoms with Crippen molar-refractivity contribution in [3.05, 3.63) is 63.3 Å². The van der Waals surface area contributed by atoms with Crippen molar-refractivity contribution >= 4 is 41.7 Å². The van der Waals surface area contributed by atoms with Crippen molar-refractivity contribution in [2.75, 3.05) is 6.61 Å². The third kappa shape index (κ3) is 5.26. The van der Waals surface area contributed by atoms with Gasteiger partial charge in [-0.25, -0.2) is 0 Å². The van der Waals surface area contributed by atoms with E-state index in [0.717, 1.165) is 32.2 Å². The minimum Gasteiger partial charge on any atom is -0.491 e. The van der Waals surface area contributed by atoms with Gasteiger partial charge in [-0.1, -0.05) is 56.6 Å². The first-order chi connectivity index (χ1) is 18.1. The second-order valence-electron chi connectivity index (χ2n) is 13.1. The third-order valence-corrected chi connectivity index (χ3v) is 9.06. The van der Waals surface area contributed by atoms with Crippen molar-refractivity contribution in [2.24, 2.45) is 5.41 Å². The van der Waals surface area contributed by atoms with E-state index in [9.17, 15) is 4.79 Å². The fraction of sp³-hybridized carbons (Fsp3) is 0.516. The van der Waals surface area contributed by atoms with E-state index >= 15 is 0 Å². The number of nitrogens with one attached hydrogen (secondary N) is 1. The lowest BCUT2D eigenvalue weighted by molar-refractivity contribution is -0.160. The largest absolute Gasteiger partial charge is 0.491 e. The standard InChI is InChI=1S/C31H40BrNO5Si/c1-29(2,3)28(38-39(8)9)26-23(36-31(6,7)37-26)16-35-18-11-13-19-21(15-18)30(4,5)27-24(25(19)34)20-12-10-17(32)14-22(20)33-27/h10-15,23,26,28,33,39H,16H2,1-9H3/t23-,26-,28?/m1/s1. The van der Waals surface area contributed by atoms with E-state index in [4.69, 9.17) is 18.6 Å². The minimum absolute atomic E-state index is 0.0387. The first kappa shape index (κ1) is 28.6. The summed E-state index contributed by atoms with van der Waals surface area (Å²) in [5, 5.41) is 0.948. The van der Waals surface area contributed by atoms with Gasteiger partial charge in [0.15, 0.2) is 20.6 Å². The fourth-order valence-electron chi connectivity index (χ4n) is 5.97. The van der Waals surface area contributed by atoms with Gasteiger partial charge in [0.1, 0.15) is 24.6 Å². The van der Waals surface area contributed by atoms with Gasteiger partial charge < -0.3 is 23.6 Å². The topological polar surface area (TPSA) is 69.8 Å². The number of fused-ring (bicyclic) bond motifs is 4. The van der Waals surface area contributed by atoms with Crippen molar-refractivity contribution in [1.82, 2.24) is 4.98 Å². The van der Waals surface area contributed by atoms with Gasteiger partial charge in [-0.3, -0.25) is 4.79 Å². The molecule has 8 heteroatoms. The predicted octanol–water partition coefficient (Wildman–Crippen LogP) is 7.11. The van der Waals surface area contributed by atoms with Crippen LogP contribution < -0.4 is 4.74 Å². The average molecular weight is 615 g/mol. The number of benzene rings is 2. The zero-order valence-electron chi connectivity index (χ0n) is 24.4. The summed E-state index contributed by atoms with van der Waals surface area (Å²) in [6.07, 6.45) is -0.653. The normalized spacial score (nSPS) is 22.7. The minimum atomic E-state index is -1.32. The van der Waals surface area contributed by atoms with Crippen LogP contribution in [0.15, 0.2) is 40.9 Å². The summed E-state index contributed by atoms with van der Waals surface area (Å²) in [4.78, 5) is 17.2. The maximum absolute atomic E-state index is 13.7. The van der Waals surface area contributed by atoms with Gasteiger partial charge in [-0.05, 0) is 68.3 Å². The summed E-state index contributed by atoms with van der Waals surface area (Å²) in [6, 6.07) is 11.8. The number of aromatic nitrogens is 1. The molecule has 0 bridgehead atoms. The van der Waals surface area contributed by atoms with Crippen LogP contribution in [0, 0.1) is 5.41 Å². The number of aromatic amines is 1. The van der Waals surface area contributed by atoms with Gasteiger partial charge in [0, 0.05) is 32.0 Å². The highest BCUT2D eigenvalue weighted by molar-refractivity contribution is 9.10. The van der Waals surface area contributed by atoms with E-state index < -0.39 is 20.2 Å². The highest BCUT2D eigenvalue weighted by atomic mass is 79.9. The van der Waals surface area contributed by atoms with Gasteiger partial charge in [-0.15, -0.1) is 0 Å². The summed E-state index contributed by atoms with van der Waals surface area (Å²) in [6.45, 7) is 19.4. The van der Waals surface area contributed by atoms with Crippen LogP contribution in [0.25, 0.3) is 10.9 Å². The maximum Gasteiger partial charge on any atom is 0.195 e. The maximum atomic E-state index is 13.7. The van der Waals surface area contributed by atoms with Gasteiger partial charge in [0.25, 0.3) is 0 Å². The Morgan fingerprint density at radius 1 is 1.08 bits per heavy atom. The molecule has 2 aromatic carbocycles. The van der Waals surface area contributed by atoms with Crippen molar-refractivity contribution in [3.63, 3.8) is 0 Å². The molecular formula is C31H40BrNO5Si. The van der Waals surface area contributed by atoms with Crippen LogP contribution in [0.2, 0.25) is 13.1 Å². The van der Waals surface area contributed by atoms with Crippen molar-refractivity contribution in [3.8, 4) is 5.75 Å². The van der Waals surface area contributed by atoms with Gasteiger partial charge in [0.2, 0.25) is 0 Å². The lowest BCUT2D eigenvalue weighted by atomic mass is 9.71. The van der Waals surface area contributed by atoms with Crippen LogP contribution in [0.1, 0.15) is 75.6 Å². The molecule has 0 radical (unpaired) electrons. The van der Waals surface area contributed by atoms with Crippen molar-refractivity contribution in [2.45, 2.75) is 91.1 Å². The van der Waals surface area contributed by atoms with Gasteiger partial charge >= 0.3 is 0 Å². The van der Waals surface area contributed by atoms with Crippen molar-refractivity contribution < 1.29 is 23.4 Å². The number of carbonyl (C=O) groups excluding carboxylic acids is 1. The Kier molecular flexibility index (Phi) is 7.20. The Morgan fingerprint density at radius 3 is 2.46 bits per heavy atom. The number of hydrogen-bond acceptors (Lipinski definition) is 5. The quantitative estimate of drug-likeness (QED) is 0.300. The van der Waals surface area contributed by atoms with Gasteiger partial charge in [0.05, 0.1) is 11.7 Å². The average Bonchev–Trinajstić information content (AvgIpc) is 3.36. The summed E-state index contributed by atoms with van der Waals surface area (Å²) < 4.78 is 26.5. The highest BCUT2D eigenvalue weighted by Crippen LogP contribution is 2.45. The Hall–Kier alpha value is -1.97. The van der Waals surface area contributed by atoms with Crippen molar-refractivity contribution in [1.29, 1.82) is 0 Å². The van der Waals surface area contributed by atoms with Crippen LogP contribution in [0.3, 0.4) is 0 Å². The Morgan fingerprint density at radius 2 is 1.79 bits per heavy atom. The molecule has 1 N–H and O–H groups in total. The molecule has 0 saturated carbocycles. The molecule has 0 amide bonds. The number of halogens is 1. The molecule has 39 heavy (non-hydrogen) atoms. The predicted molar refractivity (Wildman–Crippen MR) is 161 cm³/mol. The second-order valence-corrected chi connectivity index (χ2v) is 16.4. The summed E-state index contributed by atoms with van der Waals surface area (Å²) in [5.74, 6) is 0.0160. The Balaban J connectivity index is 1.43. The zero-order valence-corrected chi connectivity index (χ0v) is 27.1. The lowest BCUT2D eigenvalue weighted by Gasteiger charge is -2.38. The molecule has 2 aliphatic rings. The summed E-state index contributed by atoms with van der Waals surface area (Å²) >= 11 is 3.55. The molecule has 3 atom stereocenters. The van der Waals surface area contributed by atoms with E-state index in [1.807, 2.05) is 50.2 Å². The first-order valence-corrected chi connectivity index (χ1v) is 17.3. The van der Waals surface area contributed by atoms with Gasteiger partial charge in [-0.2, -0.15) is 0 Å². The van der Waals surface area contributed by atoms with Crippen LogP contribution in [0.5, 0.6) is 5.75 Å². The van der Waals surface area contributed by atoms with E-state index in [1.165, 1.54) is 0 Å². The molecule has 210 valence electrons. The fourth-order valence-corrected chi connectivity index (χ4v) is 7.48. The van der Waals surface area contributed by atoms with E-state index in [0.29, 0.717) is 17.9 Å². The Labute approximate surface area is 241 Å². The van der Waals surface area contributed by atoms with Crippen LogP contribution >= 0.6 is 15.9 Å². The van der Waals surface area contributed by atoms with Crippen LogP contribution in [0.4, 0.5) is 0 Å². The second kappa shape index (κ2) is 9.84.